The monoisotopic (exact) mass is 168 g/mol. The zero-order chi connectivity index (χ0) is 8.15. The standard InChI is InChI=1S/C4H9O5P/c5-1-2(6)3(7)4(8)10-9/h2-3,5-7,9-10H,1H2/t2-,3+/m0/s1. The number of hydrogen-bond donors (Lipinski definition) is 4. The van der Waals surface area contributed by atoms with Crippen molar-refractivity contribution in [3.63, 3.8) is 0 Å². The van der Waals surface area contributed by atoms with Gasteiger partial charge < -0.3 is 20.2 Å². The second kappa shape index (κ2) is 4.71. The van der Waals surface area contributed by atoms with Crippen molar-refractivity contribution in [2.24, 2.45) is 0 Å². The molecule has 4 N–H and O–H groups in total. The predicted molar refractivity (Wildman–Crippen MR) is 34.6 cm³/mol. The number of carbonyl (C=O) groups excluding carboxylic acids is 1. The van der Waals surface area contributed by atoms with E-state index in [4.69, 9.17) is 20.2 Å². The van der Waals surface area contributed by atoms with Crippen LogP contribution in [-0.4, -0.2) is 44.6 Å². The highest BCUT2D eigenvalue weighted by Gasteiger charge is 2.22. The van der Waals surface area contributed by atoms with E-state index in [1.807, 2.05) is 0 Å². The molecule has 0 aromatic rings. The lowest BCUT2D eigenvalue weighted by molar-refractivity contribution is -0.126. The Bertz CT molecular complexity index is 116. The van der Waals surface area contributed by atoms with Crippen LogP contribution < -0.4 is 0 Å². The smallest absolute Gasteiger partial charge is 0.209 e. The summed E-state index contributed by atoms with van der Waals surface area (Å²) in [4.78, 5) is 18.5. The van der Waals surface area contributed by atoms with Gasteiger partial charge in [0.05, 0.1) is 15.4 Å². The summed E-state index contributed by atoms with van der Waals surface area (Å²) in [5.74, 6) is 0. The third-order valence-electron chi connectivity index (χ3n) is 0.930. The molecule has 1 unspecified atom stereocenters. The van der Waals surface area contributed by atoms with Gasteiger partial charge in [-0.05, 0) is 0 Å². The first-order valence-corrected chi connectivity index (χ1v) is 3.49. The summed E-state index contributed by atoms with van der Waals surface area (Å²) in [7, 11) is -1.05. The topological polar surface area (TPSA) is 98.0 Å². The lowest BCUT2D eigenvalue weighted by Gasteiger charge is -2.11. The van der Waals surface area contributed by atoms with E-state index in [0.29, 0.717) is 0 Å². The van der Waals surface area contributed by atoms with Crippen LogP contribution in [0.15, 0.2) is 0 Å². The molecule has 0 saturated carbocycles. The molecule has 10 heavy (non-hydrogen) atoms. The summed E-state index contributed by atoms with van der Waals surface area (Å²) in [6.07, 6.45) is -3.17. The molecule has 0 bridgehead atoms. The summed E-state index contributed by atoms with van der Waals surface area (Å²) >= 11 is 0. The molecule has 0 amide bonds. The molecule has 60 valence electrons. The first kappa shape index (κ1) is 9.94. The van der Waals surface area contributed by atoms with Gasteiger partial charge in [0.15, 0.2) is 0 Å². The fourth-order valence-electron chi connectivity index (χ4n) is 0.341. The zero-order valence-corrected chi connectivity index (χ0v) is 6.06. The fourth-order valence-corrected chi connectivity index (χ4v) is 0.665. The third kappa shape index (κ3) is 2.68. The van der Waals surface area contributed by atoms with Crippen molar-refractivity contribution < 1.29 is 25.0 Å². The van der Waals surface area contributed by atoms with Crippen molar-refractivity contribution in [1.82, 2.24) is 0 Å². The van der Waals surface area contributed by atoms with E-state index in [1.165, 1.54) is 0 Å². The minimum Gasteiger partial charge on any atom is -0.394 e. The highest BCUT2D eigenvalue weighted by atomic mass is 31.1. The first-order chi connectivity index (χ1) is 4.63. The highest BCUT2D eigenvalue weighted by Crippen LogP contribution is 2.09. The van der Waals surface area contributed by atoms with Crippen LogP contribution in [0.3, 0.4) is 0 Å². The maximum Gasteiger partial charge on any atom is 0.209 e. The SMILES string of the molecule is O=C(PO)[C@H](O)[C@@H](O)CO. The van der Waals surface area contributed by atoms with Gasteiger partial charge in [0.2, 0.25) is 5.52 Å². The summed E-state index contributed by atoms with van der Waals surface area (Å²) < 4.78 is 0. The van der Waals surface area contributed by atoms with Gasteiger partial charge in [0, 0.05) is 0 Å². The maximum absolute atomic E-state index is 10.4. The van der Waals surface area contributed by atoms with Crippen LogP contribution in [0.5, 0.6) is 0 Å². The van der Waals surface area contributed by atoms with Crippen LogP contribution in [0.2, 0.25) is 0 Å². The van der Waals surface area contributed by atoms with Crippen LogP contribution in [0, 0.1) is 0 Å². The molecule has 3 atom stereocenters. The van der Waals surface area contributed by atoms with Crippen LogP contribution in [0.1, 0.15) is 0 Å². The molecule has 0 aromatic heterocycles. The Hall–Kier alpha value is -0.0600. The maximum atomic E-state index is 10.4. The highest BCUT2D eigenvalue weighted by molar-refractivity contribution is 7.52. The van der Waals surface area contributed by atoms with Crippen molar-refractivity contribution in [3.05, 3.63) is 0 Å². The molecule has 0 aromatic carbocycles. The van der Waals surface area contributed by atoms with Gasteiger partial charge >= 0.3 is 0 Å². The van der Waals surface area contributed by atoms with E-state index in [9.17, 15) is 4.79 Å². The van der Waals surface area contributed by atoms with E-state index in [2.05, 4.69) is 0 Å². The van der Waals surface area contributed by atoms with E-state index in [-0.39, 0.29) is 0 Å². The normalized spacial score (nSPS) is 17.6. The predicted octanol–water partition coefficient (Wildman–Crippen LogP) is -2.19. The quantitative estimate of drug-likeness (QED) is 0.357. The molecule has 0 rings (SSSR count). The molecule has 0 saturated heterocycles. The Morgan fingerprint density at radius 2 is 2.00 bits per heavy atom. The lowest BCUT2D eigenvalue weighted by Crippen LogP contribution is -2.34. The van der Waals surface area contributed by atoms with Crippen molar-refractivity contribution in [3.8, 4) is 0 Å². The Morgan fingerprint density at radius 1 is 1.50 bits per heavy atom. The number of rotatable bonds is 4. The molecule has 0 aliphatic carbocycles. The fraction of sp³-hybridized carbons (Fsp3) is 0.750. The van der Waals surface area contributed by atoms with Crippen molar-refractivity contribution >= 4 is 14.3 Å². The minimum absolute atomic E-state index is 0.697. The van der Waals surface area contributed by atoms with Gasteiger partial charge in [0.1, 0.15) is 12.2 Å². The van der Waals surface area contributed by atoms with E-state index >= 15 is 0 Å². The molecule has 0 aliphatic rings. The summed E-state index contributed by atoms with van der Waals surface area (Å²) in [5, 5.41) is 25.5. The molecule has 0 spiro atoms. The van der Waals surface area contributed by atoms with Gasteiger partial charge in [-0.15, -0.1) is 0 Å². The van der Waals surface area contributed by atoms with Gasteiger partial charge in [-0.2, -0.15) is 0 Å². The van der Waals surface area contributed by atoms with Crippen molar-refractivity contribution in [2.75, 3.05) is 6.61 Å². The number of aliphatic hydroxyl groups is 3. The van der Waals surface area contributed by atoms with Crippen LogP contribution in [0.25, 0.3) is 0 Å². The average Bonchev–Trinajstić information content (AvgIpc) is 2.00. The molecule has 0 aliphatic heterocycles. The first-order valence-electron chi connectivity index (χ1n) is 2.54. The van der Waals surface area contributed by atoms with Crippen LogP contribution >= 0.6 is 8.81 Å². The molecule has 0 fully saturated rings. The molecule has 0 radical (unpaired) electrons. The Balaban J connectivity index is 3.81. The zero-order valence-electron chi connectivity index (χ0n) is 5.06. The number of hydrogen-bond acceptors (Lipinski definition) is 5. The largest absolute Gasteiger partial charge is 0.394 e. The summed E-state index contributed by atoms with van der Waals surface area (Å²) in [5.41, 5.74) is -0.874. The van der Waals surface area contributed by atoms with Gasteiger partial charge in [-0.25, -0.2) is 0 Å². The summed E-state index contributed by atoms with van der Waals surface area (Å²) in [6.45, 7) is -0.697. The van der Waals surface area contributed by atoms with Gasteiger partial charge in [-0.3, -0.25) is 4.79 Å². The summed E-state index contributed by atoms with van der Waals surface area (Å²) in [6, 6.07) is 0. The van der Waals surface area contributed by atoms with Crippen LogP contribution in [-0.2, 0) is 4.79 Å². The minimum atomic E-state index is -1.67. The molecule has 6 heteroatoms. The van der Waals surface area contributed by atoms with Gasteiger partial charge in [0.25, 0.3) is 0 Å². The van der Waals surface area contributed by atoms with Gasteiger partial charge in [-0.1, -0.05) is 0 Å². The van der Waals surface area contributed by atoms with Crippen molar-refractivity contribution in [2.45, 2.75) is 12.2 Å². The molecular formula is C4H9O5P. The second-order valence-corrected chi connectivity index (χ2v) is 2.39. The molecule has 5 nitrogen and oxygen atoms in total. The van der Waals surface area contributed by atoms with Crippen molar-refractivity contribution in [1.29, 1.82) is 0 Å². The molecular weight excluding hydrogens is 159 g/mol. The van der Waals surface area contributed by atoms with E-state index in [1.54, 1.807) is 0 Å². The molecule has 0 heterocycles. The average molecular weight is 168 g/mol. The number of carbonyl (C=O) groups is 1. The Morgan fingerprint density at radius 3 is 2.30 bits per heavy atom. The van der Waals surface area contributed by atoms with E-state index < -0.39 is 33.1 Å². The van der Waals surface area contributed by atoms with E-state index in [0.717, 1.165) is 0 Å². The Labute approximate surface area is 59.2 Å². The third-order valence-corrected chi connectivity index (χ3v) is 1.45. The van der Waals surface area contributed by atoms with Crippen LogP contribution in [0.4, 0.5) is 0 Å². The number of aliphatic hydroxyl groups excluding tert-OH is 3. The Kier molecular flexibility index (Phi) is 4.68. The second-order valence-electron chi connectivity index (χ2n) is 1.67. The lowest BCUT2D eigenvalue weighted by atomic mass is 10.2.